The molecule has 3 nitrogen and oxygen atoms in total. The highest BCUT2D eigenvalue weighted by Gasteiger charge is 2.33. The Morgan fingerprint density at radius 3 is 2.39 bits per heavy atom. The number of aromatic nitrogens is 1. The van der Waals surface area contributed by atoms with E-state index in [4.69, 9.17) is 11.5 Å². The van der Waals surface area contributed by atoms with Crippen molar-refractivity contribution in [2.24, 2.45) is 5.73 Å². The van der Waals surface area contributed by atoms with Crippen LogP contribution < -0.4 is 11.5 Å². The van der Waals surface area contributed by atoms with Crippen LogP contribution in [0.3, 0.4) is 0 Å². The summed E-state index contributed by atoms with van der Waals surface area (Å²) in [6.07, 6.45) is -2.89. The summed E-state index contributed by atoms with van der Waals surface area (Å²) in [6.45, 7) is 0.363. The van der Waals surface area contributed by atoms with E-state index >= 15 is 0 Å². The van der Waals surface area contributed by atoms with Gasteiger partial charge >= 0.3 is 6.18 Å². The molecule has 0 saturated carbocycles. The third-order valence-electron chi connectivity index (χ3n) is 1.73. The lowest BCUT2D eigenvalue weighted by Crippen LogP contribution is -2.10. The zero-order chi connectivity index (χ0) is 12.2. The first-order valence-electron chi connectivity index (χ1n) is 4.47. The first-order valence-corrected chi connectivity index (χ1v) is 4.47. The van der Waals surface area contributed by atoms with Crippen LogP contribution in [0.2, 0.25) is 0 Å². The Balaban J connectivity index is 0. The van der Waals surface area contributed by atoms with Crippen molar-refractivity contribution >= 4 is 30.6 Å². The second-order valence-corrected chi connectivity index (χ2v) is 3.00. The number of nitrogen functional groups attached to an aromatic ring is 1. The summed E-state index contributed by atoms with van der Waals surface area (Å²) in [5.74, 6) is 4.62. The van der Waals surface area contributed by atoms with Crippen molar-refractivity contribution in [3.63, 3.8) is 0 Å². The van der Waals surface area contributed by atoms with Crippen LogP contribution in [0.5, 0.6) is 0 Å². The minimum absolute atomic E-state index is 0. The van der Waals surface area contributed by atoms with Crippen LogP contribution in [0, 0.1) is 11.8 Å². The molecule has 8 heteroatoms. The maximum absolute atomic E-state index is 12.4. The number of anilines is 1. The highest BCUT2D eigenvalue weighted by molar-refractivity contribution is 5.85. The van der Waals surface area contributed by atoms with Crippen LogP contribution in [-0.4, -0.2) is 11.5 Å². The predicted molar refractivity (Wildman–Crippen MR) is 68.7 cm³/mol. The number of pyridine rings is 1. The molecular formula is C10H12Cl2F3N3. The van der Waals surface area contributed by atoms with E-state index in [2.05, 4.69) is 16.8 Å². The predicted octanol–water partition coefficient (Wildman–Crippen LogP) is 2.23. The van der Waals surface area contributed by atoms with Gasteiger partial charge in [0.2, 0.25) is 0 Å². The molecule has 102 valence electrons. The molecular weight excluding hydrogens is 290 g/mol. The van der Waals surface area contributed by atoms with E-state index < -0.39 is 17.6 Å². The summed E-state index contributed by atoms with van der Waals surface area (Å²) in [7, 11) is 0. The van der Waals surface area contributed by atoms with Crippen molar-refractivity contribution in [2.75, 3.05) is 12.3 Å². The van der Waals surface area contributed by atoms with Crippen LogP contribution in [0.4, 0.5) is 19.0 Å². The van der Waals surface area contributed by atoms with Gasteiger partial charge in [-0.1, -0.05) is 11.8 Å². The van der Waals surface area contributed by atoms with Gasteiger partial charge < -0.3 is 11.5 Å². The highest BCUT2D eigenvalue weighted by atomic mass is 35.5. The van der Waals surface area contributed by atoms with E-state index in [1.807, 2.05) is 0 Å². The third-order valence-corrected chi connectivity index (χ3v) is 1.73. The van der Waals surface area contributed by atoms with Gasteiger partial charge in [0, 0.05) is 24.7 Å². The molecule has 0 aliphatic rings. The van der Waals surface area contributed by atoms with Crippen molar-refractivity contribution in [1.29, 1.82) is 0 Å². The largest absolute Gasteiger partial charge is 0.419 e. The Morgan fingerprint density at radius 2 is 1.89 bits per heavy atom. The van der Waals surface area contributed by atoms with Crippen molar-refractivity contribution in [2.45, 2.75) is 12.6 Å². The Labute approximate surface area is 115 Å². The number of halogens is 5. The fourth-order valence-electron chi connectivity index (χ4n) is 1.01. The fourth-order valence-corrected chi connectivity index (χ4v) is 1.01. The summed E-state index contributed by atoms with van der Waals surface area (Å²) in [5.41, 5.74) is 9.54. The van der Waals surface area contributed by atoms with Gasteiger partial charge in [0.15, 0.2) is 0 Å². The first kappa shape index (κ1) is 19.2. The Morgan fingerprint density at radius 1 is 1.28 bits per heavy atom. The highest BCUT2D eigenvalue weighted by Crippen LogP contribution is 2.32. The summed E-state index contributed by atoms with van der Waals surface area (Å²) >= 11 is 0. The van der Waals surface area contributed by atoms with Gasteiger partial charge in [0.1, 0.15) is 5.82 Å². The molecule has 0 aromatic carbocycles. The molecule has 0 saturated heterocycles. The monoisotopic (exact) mass is 301 g/mol. The SMILES string of the molecule is Cl.Cl.NCCC#Cc1cnc(N)c(C(F)(F)F)c1. The second-order valence-electron chi connectivity index (χ2n) is 3.00. The zero-order valence-corrected chi connectivity index (χ0v) is 10.8. The second kappa shape index (κ2) is 8.03. The molecule has 0 aliphatic heterocycles. The standard InChI is InChI=1S/C10H10F3N3.2ClH/c11-10(12,13)8-5-7(3-1-2-4-14)6-16-9(8)15;;/h5-6H,2,4,14H2,(H2,15,16);2*1H. The smallest absolute Gasteiger partial charge is 0.383 e. The lowest BCUT2D eigenvalue weighted by molar-refractivity contribution is -0.137. The Hall–Kier alpha value is -1.16. The minimum atomic E-state index is -4.51. The number of nitrogens with zero attached hydrogens (tertiary/aromatic N) is 1. The Bertz CT molecular complexity index is 438. The molecule has 18 heavy (non-hydrogen) atoms. The lowest BCUT2D eigenvalue weighted by Gasteiger charge is -2.08. The number of rotatable bonds is 1. The van der Waals surface area contributed by atoms with E-state index in [0.717, 1.165) is 6.07 Å². The summed E-state index contributed by atoms with van der Waals surface area (Å²) in [4.78, 5) is 3.45. The average Bonchev–Trinajstić information content (AvgIpc) is 2.19. The molecule has 0 radical (unpaired) electrons. The average molecular weight is 302 g/mol. The van der Waals surface area contributed by atoms with Crippen molar-refractivity contribution in [1.82, 2.24) is 4.98 Å². The summed E-state index contributed by atoms with van der Waals surface area (Å²) < 4.78 is 37.3. The van der Waals surface area contributed by atoms with Crippen LogP contribution >= 0.6 is 24.8 Å². The number of hydrogen-bond acceptors (Lipinski definition) is 3. The van der Waals surface area contributed by atoms with Gasteiger partial charge in [-0.15, -0.1) is 24.8 Å². The quantitative estimate of drug-likeness (QED) is 0.782. The molecule has 0 spiro atoms. The maximum Gasteiger partial charge on any atom is 0.419 e. The van der Waals surface area contributed by atoms with Gasteiger partial charge in [-0.2, -0.15) is 13.2 Å². The van der Waals surface area contributed by atoms with Crippen LogP contribution in [-0.2, 0) is 6.18 Å². The van der Waals surface area contributed by atoms with E-state index in [9.17, 15) is 13.2 Å². The topological polar surface area (TPSA) is 64.9 Å². The first-order chi connectivity index (χ1) is 7.45. The number of nitrogens with two attached hydrogens (primary N) is 2. The minimum Gasteiger partial charge on any atom is -0.383 e. The molecule has 1 heterocycles. The molecule has 0 atom stereocenters. The molecule has 1 aromatic heterocycles. The van der Waals surface area contributed by atoms with Gasteiger partial charge in [-0.05, 0) is 6.07 Å². The van der Waals surface area contributed by atoms with Crippen molar-refractivity contribution in [3.8, 4) is 11.8 Å². The molecule has 4 N–H and O–H groups in total. The normalized spacial score (nSPS) is 9.56. The number of hydrogen-bond donors (Lipinski definition) is 2. The zero-order valence-electron chi connectivity index (χ0n) is 9.12. The third kappa shape index (κ3) is 5.45. The Kier molecular flexibility index (Phi) is 8.56. The molecule has 1 rings (SSSR count). The molecule has 0 bridgehead atoms. The van der Waals surface area contributed by atoms with Gasteiger partial charge in [-0.25, -0.2) is 4.98 Å². The van der Waals surface area contributed by atoms with Crippen molar-refractivity contribution in [3.05, 3.63) is 23.4 Å². The molecule has 0 unspecified atom stereocenters. The molecule has 0 aliphatic carbocycles. The van der Waals surface area contributed by atoms with Crippen LogP contribution in [0.15, 0.2) is 12.3 Å². The van der Waals surface area contributed by atoms with E-state index in [0.29, 0.717) is 13.0 Å². The molecule has 0 fully saturated rings. The van der Waals surface area contributed by atoms with E-state index in [1.54, 1.807) is 0 Å². The van der Waals surface area contributed by atoms with Crippen LogP contribution in [0.25, 0.3) is 0 Å². The number of alkyl halides is 3. The summed E-state index contributed by atoms with van der Waals surface area (Å²) in [5, 5.41) is 0. The van der Waals surface area contributed by atoms with Gasteiger partial charge in [0.25, 0.3) is 0 Å². The maximum atomic E-state index is 12.4. The lowest BCUT2D eigenvalue weighted by atomic mass is 10.2. The van der Waals surface area contributed by atoms with Crippen molar-refractivity contribution < 1.29 is 13.2 Å². The van der Waals surface area contributed by atoms with Gasteiger partial charge in [0.05, 0.1) is 5.56 Å². The summed E-state index contributed by atoms with van der Waals surface area (Å²) in [6, 6.07) is 0.881. The molecule has 1 aromatic rings. The van der Waals surface area contributed by atoms with Gasteiger partial charge in [-0.3, -0.25) is 0 Å². The van der Waals surface area contributed by atoms with E-state index in [1.165, 1.54) is 6.20 Å². The van der Waals surface area contributed by atoms with Crippen LogP contribution in [0.1, 0.15) is 17.5 Å². The molecule has 0 amide bonds. The van der Waals surface area contributed by atoms with E-state index in [-0.39, 0.29) is 30.4 Å². The fraction of sp³-hybridized carbons (Fsp3) is 0.300.